The number of hydrogen-bond acceptors (Lipinski definition) is 3. The summed E-state index contributed by atoms with van der Waals surface area (Å²) in [5.41, 5.74) is 0. The Morgan fingerprint density at radius 2 is 2.56 bits per heavy atom. The van der Waals surface area contributed by atoms with E-state index in [9.17, 15) is 0 Å². The molecule has 0 saturated carbocycles. The first-order valence-corrected chi connectivity index (χ1v) is 3.58. The van der Waals surface area contributed by atoms with Gasteiger partial charge in [-0.25, -0.2) is 0 Å². The lowest BCUT2D eigenvalue weighted by Gasteiger charge is -1.96. The van der Waals surface area contributed by atoms with Gasteiger partial charge in [0.15, 0.2) is 11.4 Å². The predicted molar refractivity (Wildman–Crippen MR) is 40.2 cm³/mol. The minimum absolute atomic E-state index is 0.681. The molecule has 0 aliphatic rings. The maximum absolute atomic E-state index is 8.14. The van der Waals surface area contributed by atoms with Crippen molar-refractivity contribution in [1.82, 2.24) is 5.32 Å². The fourth-order valence-corrected chi connectivity index (χ4v) is 0.861. The zero-order valence-corrected chi connectivity index (χ0v) is 6.33. The van der Waals surface area contributed by atoms with Crippen molar-refractivity contribution >= 4 is 16.9 Å². The molecule has 1 N–H and O–H groups in total. The zero-order chi connectivity index (χ0) is 7.11. The molecular weight excluding hydrogens is 134 g/mol. The smallest absolute Gasteiger partial charge is 0.183 e. The van der Waals surface area contributed by atoms with Crippen molar-refractivity contribution in [2.45, 2.75) is 6.92 Å². The van der Waals surface area contributed by atoms with Crippen LogP contribution in [0.25, 0.3) is 0 Å². The van der Waals surface area contributed by atoms with Gasteiger partial charge in [0.2, 0.25) is 0 Å². The highest BCUT2D eigenvalue weighted by Crippen LogP contribution is 1.98. The van der Waals surface area contributed by atoms with Gasteiger partial charge in [0.25, 0.3) is 0 Å². The number of hydrogen-bond donors (Lipinski definition) is 1. The largest absolute Gasteiger partial charge is 0.272 e. The monoisotopic (exact) mass is 143 g/mol. The van der Waals surface area contributed by atoms with Gasteiger partial charge in [-0.15, -0.1) is 0 Å². The quantitative estimate of drug-likeness (QED) is 0.255. The summed E-state index contributed by atoms with van der Waals surface area (Å²) in [6.07, 6.45) is 1.80. The molecular formula is C5H9N3S. The van der Waals surface area contributed by atoms with Crippen LogP contribution < -0.4 is 5.32 Å². The van der Waals surface area contributed by atoms with E-state index >= 15 is 0 Å². The Morgan fingerprint density at radius 3 is 2.89 bits per heavy atom. The third-order valence-electron chi connectivity index (χ3n) is 0.647. The average molecular weight is 143 g/mol. The van der Waals surface area contributed by atoms with E-state index in [1.807, 2.05) is 6.92 Å². The van der Waals surface area contributed by atoms with Crippen LogP contribution in [-0.4, -0.2) is 18.0 Å². The molecule has 0 aliphatic carbocycles. The van der Waals surface area contributed by atoms with Gasteiger partial charge in [-0.3, -0.25) is 10.3 Å². The van der Waals surface area contributed by atoms with Crippen molar-refractivity contribution in [3.63, 3.8) is 0 Å². The van der Waals surface area contributed by atoms with Gasteiger partial charge >= 0.3 is 0 Å². The molecule has 4 heteroatoms. The highest BCUT2D eigenvalue weighted by atomic mass is 32.2. The molecule has 0 unspecified atom stereocenters. The fraction of sp³-hybridized carbons (Fsp3) is 0.600. The van der Waals surface area contributed by atoms with Crippen molar-refractivity contribution in [3.8, 4) is 6.19 Å². The number of nitriles is 1. The van der Waals surface area contributed by atoms with E-state index in [2.05, 4.69) is 10.3 Å². The summed E-state index contributed by atoms with van der Waals surface area (Å²) < 4.78 is 0. The normalized spacial score (nSPS) is 10.6. The van der Waals surface area contributed by atoms with Gasteiger partial charge in [-0.2, -0.15) is 5.26 Å². The number of nitrogens with zero attached hydrogens (tertiary/aromatic N) is 2. The summed E-state index contributed by atoms with van der Waals surface area (Å²) in [4.78, 5) is 3.81. The molecule has 0 rings (SSSR count). The number of nitrogens with one attached hydrogen (secondary N) is 1. The summed E-state index contributed by atoms with van der Waals surface area (Å²) in [7, 11) is 1.66. The van der Waals surface area contributed by atoms with E-state index in [1.165, 1.54) is 11.8 Å². The molecule has 9 heavy (non-hydrogen) atoms. The molecule has 0 radical (unpaired) electrons. The van der Waals surface area contributed by atoms with E-state index in [0.717, 1.165) is 5.75 Å². The second-order valence-electron chi connectivity index (χ2n) is 1.20. The first kappa shape index (κ1) is 8.31. The first-order valence-electron chi connectivity index (χ1n) is 2.59. The molecule has 3 nitrogen and oxygen atoms in total. The Labute approximate surface area is 59.2 Å². The van der Waals surface area contributed by atoms with E-state index in [-0.39, 0.29) is 0 Å². The first-order chi connectivity index (χ1) is 4.35. The second kappa shape index (κ2) is 5.45. The molecule has 0 amide bonds. The number of aliphatic imine (C=N–C) groups is 1. The van der Waals surface area contributed by atoms with Crippen LogP contribution >= 0.6 is 11.8 Å². The molecule has 50 valence electrons. The molecule has 0 saturated heterocycles. The Hall–Kier alpha value is -0.690. The molecule has 0 aromatic carbocycles. The fourth-order valence-electron chi connectivity index (χ4n) is 0.341. The molecule has 0 fully saturated rings. The van der Waals surface area contributed by atoms with Gasteiger partial charge in [0.1, 0.15) is 0 Å². The summed E-state index contributed by atoms with van der Waals surface area (Å²) in [6.45, 7) is 2.01. The van der Waals surface area contributed by atoms with Crippen molar-refractivity contribution in [1.29, 1.82) is 5.26 Å². The standard InChI is InChI=1S/C5H9N3S/c1-3-9-5(7-2)8-4-6/h3H2,1-2H3,(H,7,8). The third kappa shape index (κ3) is 3.86. The van der Waals surface area contributed by atoms with Crippen LogP contribution in [-0.2, 0) is 0 Å². The van der Waals surface area contributed by atoms with Crippen molar-refractivity contribution in [2.24, 2.45) is 4.99 Å². The van der Waals surface area contributed by atoms with Gasteiger partial charge in [0, 0.05) is 7.05 Å². The van der Waals surface area contributed by atoms with Gasteiger partial charge in [0.05, 0.1) is 0 Å². The van der Waals surface area contributed by atoms with Crippen LogP contribution in [0, 0.1) is 11.5 Å². The highest BCUT2D eigenvalue weighted by molar-refractivity contribution is 8.13. The molecule has 0 aromatic rings. The molecule has 0 atom stereocenters. The summed E-state index contributed by atoms with van der Waals surface area (Å²) in [5, 5.41) is 11.3. The minimum atomic E-state index is 0.681. The zero-order valence-electron chi connectivity index (χ0n) is 5.51. The molecule has 0 bridgehead atoms. The van der Waals surface area contributed by atoms with Crippen LogP contribution in [0.5, 0.6) is 0 Å². The van der Waals surface area contributed by atoms with E-state index in [0.29, 0.717) is 5.17 Å². The predicted octanol–water partition coefficient (Wildman–Crippen LogP) is 0.796. The summed E-state index contributed by atoms with van der Waals surface area (Å²) in [5.74, 6) is 0.932. The van der Waals surface area contributed by atoms with Crippen LogP contribution in [0.15, 0.2) is 4.99 Å². The molecule has 0 aliphatic heterocycles. The lowest BCUT2D eigenvalue weighted by atomic mass is 11.0. The average Bonchev–Trinajstić information content (AvgIpc) is 1.88. The topological polar surface area (TPSA) is 48.2 Å². The van der Waals surface area contributed by atoms with E-state index in [4.69, 9.17) is 5.26 Å². The maximum atomic E-state index is 8.14. The van der Waals surface area contributed by atoms with Crippen molar-refractivity contribution in [3.05, 3.63) is 0 Å². The Balaban J connectivity index is 3.59. The minimum Gasteiger partial charge on any atom is -0.272 e. The van der Waals surface area contributed by atoms with Crippen LogP contribution in [0.4, 0.5) is 0 Å². The lowest BCUT2D eigenvalue weighted by Crippen LogP contribution is -2.13. The highest BCUT2D eigenvalue weighted by Gasteiger charge is 1.91. The third-order valence-corrected chi connectivity index (χ3v) is 1.49. The number of rotatable bonds is 1. The Morgan fingerprint density at radius 1 is 1.89 bits per heavy atom. The van der Waals surface area contributed by atoms with Crippen LogP contribution in [0.3, 0.4) is 0 Å². The van der Waals surface area contributed by atoms with Crippen molar-refractivity contribution < 1.29 is 0 Å². The van der Waals surface area contributed by atoms with Gasteiger partial charge in [-0.05, 0) is 5.75 Å². The van der Waals surface area contributed by atoms with Crippen molar-refractivity contribution in [2.75, 3.05) is 12.8 Å². The number of amidine groups is 1. The Bertz CT molecular complexity index is 136. The maximum Gasteiger partial charge on any atom is 0.183 e. The van der Waals surface area contributed by atoms with Crippen LogP contribution in [0.1, 0.15) is 6.92 Å². The van der Waals surface area contributed by atoms with Gasteiger partial charge < -0.3 is 0 Å². The summed E-state index contributed by atoms with van der Waals surface area (Å²) >= 11 is 1.52. The molecule has 0 aromatic heterocycles. The molecule has 0 spiro atoms. The van der Waals surface area contributed by atoms with Crippen LogP contribution in [0.2, 0.25) is 0 Å². The lowest BCUT2D eigenvalue weighted by molar-refractivity contribution is 1.26. The Kier molecular flexibility index (Phi) is 5.03. The van der Waals surface area contributed by atoms with E-state index in [1.54, 1.807) is 13.2 Å². The number of thioether (sulfide) groups is 1. The van der Waals surface area contributed by atoms with Gasteiger partial charge in [-0.1, -0.05) is 18.7 Å². The van der Waals surface area contributed by atoms with E-state index < -0.39 is 0 Å². The second-order valence-corrected chi connectivity index (χ2v) is 2.45. The summed E-state index contributed by atoms with van der Waals surface area (Å²) in [6, 6.07) is 0. The molecule has 0 heterocycles. The SMILES string of the molecule is CCSC(=NC)NC#N.